The van der Waals surface area contributed by atoms with E-state index in [0.29, 0.717) is 24.6 Å². The lowest BCUT2D eigenvalue weighted by atomic mass is 10.1. The van der Waals surface area contributed by atoms with E-state index in [1.807, 2.05) is 31.2 Å². The highest BCUT2D eigenvalue weighted by atomic mass is 19.3. The normalized spacial score (nSPS) is 11.3. The van der Waals surface area contributed by atoms with Crippen LogP contribution in [0.1, 0.15) is 23.6 Å². The van der Waals surface area contributed by atoms with Gasteiger partial charge in [-0.2, -0.15) is 8.78 Å². The van der Waals surface area contributed by atoms with E-state index in [1.54, 1.807) is 25.2 Å². The summed E-state index contributed by atoms with van der Waals surface area (Å²) in [5.41, 5.74) is 3.44. The maximum atomic E-state index is 12.6. The Balaban J connectivity index is 1.85. The zero-order valence-corrected chi connectivity index (χ0v) is 16.8. The lowest BCUT2D eigenvalue weighted by Gasteiger charge is -2.15. The number of aliphatic imine (C=N–C) groups is 1. The zero-order valence-electron chi connectivity index (χ0n) is 16.8. The third-order valence-corrected chi connectivity index (χ3v) is 4.08. The quantitative estimate of drug-likeness (QED) is 0.465. The summed E-state index contributed by atoms with van der Waals surface area (Å²) in [6.07, 6.45) is 0.755. The molecule has 156 valence electrons. The predicted octanol–water partition coefficient (Wildman–Crippen LogP) is 3.46. The first-order chi connectivity index (χ1) is 13.9. The number of amides is 1. The number of aryl methyl sites for hydroxylation is 1. The predicted molar refractivity (Wildman–Crippen MR) is 110 cm³/mol. The molecule has 0 atom stereocenters. The Morgan fingerprint density at radius 3 is 2.48 bits per heavy atom. The Morgan fingerprint density at radius 2 is 1.86 bits per heavy atom. The molecule has 0 aliphatic heterocycles. The molecule has 0 heterocycles. The number of hydrogen-bond acceptors (Lipinski definition) is 3. The standard InChI is InChI=1S/C21H26F2N4O2/c1-14-4-9-19(29-20(22)23)17(12-14)13-26-21(24-3)25-11-10-16-5-7-18(8-6-16)27-15(2)28/h4-9,12,20H,10-11,13H2,1-3H3,(H,27,28)(H2,24,25,26). The van der Waals surface area contributed by atoms with Crippen molar-refractivity contribution in [3.63, 3.8) is 0 Å². The van der Waals surface area contributed by atoms with Gasteiger partial charge in [-0.25, -0.2) is 0 Å². The average Bonchev–Trinajstić information content (AvgIpc) is 2.67. The number of nitrogens with one attached hydrogen (secondary N) is 3. The molecule has 2 aromatic carbocycles. The number of carbonyl (C=O) groups is 1. The van der Waals surface area contributed by atoms with Gasteiger partial charge in [0.2, 0.25) is 5.91 Å². The summed E-state index contributed by atoms with van der Waals surface area (Å²) in [4.78, 5) is 15.2. The van der Waals surface area contributed by atoms with Crippen molar-refractivity contribution in [2.24, 2.45) is 4.99 Å². The van der Waals surface area contributed by atoms with Crippen molar-refractivity contribution < 1.29 is 18.3 Å². The molecule has 0 fully saturated rings. The van der Waals surface area contributed by atoms with Crippen LogP contribution in [0.4, 0.5) is 14.5 Å². The van der Waals surface area contributed by atoms with Gasteiger partial charge in [-0.1, -0.05) is 29.8 Å². The molecule has 29 heavy (non-hydrogen) atoms. The summed E-state index contributed by atoms with van der Waals surface area (Å²) in [5.74, 6) is 0.599. The number of guanidine groups is 1. The molecular formula is C21H26F2N4O2. The van der Waals surface area contributed by atoms with Crippen molar-refractivity contribution in [2.45, 2.75) is 33.4 Å². The first kappa shape index (κ1) is 22.1. The number of rotatable bonds is 8. The van der Waals surface area contributed by atoms with Crippen molar-refractivity contribution in [3.8, 4) is 5.75 Å². The second-order valence-electron chi connectivity index (χ2n) is 6.47. The largest absolute Gasteiger partial charge is 0.434 e. The second-order valence-corrected chi connectivity index (χ2v) is 6.47. The van der Waals surface area contributed by atoms with E-state index in [-0.39, 0.29) is 11.7 Å². The van der Waals surface area contributed by atoms with Gasteiger partial charge in [-0.15, -0.1) is 0 Å². The van der Waals surface area contributed by atoms with Crippen LogP contribution in [0.5, 0.6) is 5.75 Å². The lowest BCUT2D eigenvalue weighted by Crippen LogP contribution is -2.38. The van der Waals surface area contributed by atoms with Gasteiger partial charge in [0.25, 0.3) is 0 Å². The Kier molecular flexibility index (Phi) is 8.39. The van der Waals surface area contributed by atoms with Crippen LogP contribution in [-0.4, -0.2) is 32.1 Å². The number of halogens is 2. The fourth-order valence-corrected chi connectivity index (χ4v) is 2.74. The Morgan fingerprint density at radius 1 is 1.14 bits per heavy atom. The number of carbonyl (C=O) groups excluding carboxylic acids is 1. The molecule has 0 unspecified atom stereocenters. The minimum Gasteiger partial charge on any atom is -0.434 e. The SMILES string of the molecule is CN=C(NCCc1ccc(NC(C)=O)cc1)NCc1cc(C)ccc1OC(F)F. The fourth-order valence-electron chi connectivity index (χ4n) is 2.74. The molecule has 0 saturated heterocycles. The molecule has 0 aromatic heterocycles. The molecule has 0 aliphatic rings. The Bertz CT molecular complexity index is 839. The van der Waals surface area contributed by atoms with Crippen LogP contribution < -0.4 is 20.7 Å². The summed E-state index contributed by atoms with van der Waals surface area (Å²) >= 11 is 0. The molecule has 0 bridgehead atoms. The molecule has 1 amide bonds. The Labute approximate surface area is 169 Å². The maximum absolute atomic E-state index is 12.6. The van der Waals surface area contributed by atoms with Crippen LogP contribution in [0.2, 0.25) is 0 Å². The first-order valence-electron chi connectivity index (χ1n) is 9.22. The minimum atomic E-state index is -2.87. The highest BCUT2D eigenvalue weighted by molar-refractivity contribution is 5.88. The second kappa shape index (κ2) is 11.0. The van der Waals surface area contributed by atoms with Gasteiger partial charge < -0.3 is 20.7 Å². The van der Waals surface area contributed by atoms with Gasteiger partial charge in [0.05, 0.1) is 0 Å². The maximum Gasteiger partial charge on any atom is 0.387 e. The van der Waals surface area contributed by atoms with Crippen molar-refractivity contribution in [3.05, 3.63) is 59.2 Å². The number of nitrogens with zero attached hydrogens (tertiary/aromatic N) is 1. The Hall–Kier alpha value is -3.16. The third kappa shape index (κ3) is 7.77. The molecule has 0 radical (unpaired) electrons. The number of anilines is 1. The highest BCUT2D eigenvalue weighted by Crippen LogP contribution is 2.22. The van der Waals surface area contributed by atoms with E-state index in [4.69, 9.17) is 0 Å². The summed E-state index contributed by atoms with van der Waals surface area (Å²) in [5, 5.41) is 9.03. The van der Waals surface area contributed by atoms with E-state index in [9.17, 15) is 13.6 Å². The average molecular weight is 404 g/mol. The van der Waals surface area contributed by atoms with Gasteiger partial charge in [-0.05, 0) is 37.1 Å². The van der Waals surface area contributed by atoms with Crippen molar-refractivity contribution >= 4 is 17.6 Å². The van der Waals surface area contributed by atoms with Crippen molar-refractivity contribution in [1.29, 1.82) is 0 Å². The van der Waals surface area contributed by atoms with E-state index < -0.39 is 6.61 Å². The molecular weight excluding hydrogens is 378 g/mol. The van der Waals surface area contributed by atoms with Crippen molar-refractivity contribution in [1.82, 2.24) is 10.6 Å². The highest BCUT2D eigenvalue weighted by Gasteiger charge is 2.10. The van der Waals surface area contributed by atoms with Gasteiger partial charge >= 0.3 is 6.61 Å². The fraction of sp³-hybridized carbons (Fsp3) is 0.333. The number of hydrogen-bond donors (Lipinski definition) is 3. The molecule has 0 aliphatic carbocycles. The van der Waals surface area contributed by atoms with E-state index >= 15 is 0 Å². The van der Waals surface area contributed by atoms with Gasteiger partial charge in [0, 0.05) is 38.3 Å². The first-order valence-corrected chi connectivity index (χ1v) is 9.22. The summed E-state index contributed by atoms with van der Waals surface area (Å²) < 4.78 is 29.7. The monoisotopic (exact) mass is 404 g/mol. The van der Waals surface area contributed by atoms with Crippen LogP contribution in [0.25, 0.3) is 0 Å². The molecule has 2 aromatic rings. The smallest absolute Gasteiger partial charge is 0.387 e. The van der Waals surface area contributed by atoms with Gasteiger partial charge in [-0.3, -0.25) is 9.79 Å². The lowest BCUT2D eigenvalue weighted by molar-refractivity contribution is -0.114. The summed E-state index contributed by atoms with van der Waals surface area (Å²) in [7, 11) is 1.64. The van der Waals surface area contributed by atoms with Crippen LogP contribution in [0.15, 0.2) is 47.5 Å². The van der Waals surface area contributed by atoms with Crippen LogP contribution in [0, 0.1) is 6.92 Å². The van der Waals surface area contributed by atoms with Gasteiger partial charge in [0.15, 0.2) is 5.96 Å². The van der Waals surface area contributed by atoms with E-state index in [0.717, 1.165) is 23.2 Å². The van der Waals surface area contributed by atoms with Crippen LogP contribution in [-0.2, 0) is 17.8 Å². The molecule has 0 saturated carbocycles. The molecule has 2 rings (SSSR count). The van der Waals surface area contributed by atoms with Gasteiger partial charge in [0.1, 0.15) is 5.75 Å². The number of benzene rings is 2. The molecule has 8 heteroatoms. The number of alkyl halides is 2. The molecule has 0 spiro atoms. The molecule has 3 N–H and O–H groups in total. The third-order valence-electron chi connectivity index (χ3n) is 4.08. The minimum absolute atomic E-state index is 0.106. The molecule has 6 nitrogen and oxygen atoms in total. The van der Waals surface area contributed by atoms with E-state index in [1.165, 1.54) is 6.92 Å². The van der Waals surface area contributed by atoms with Crippen LogP contribution in [0.3, 0.4) is 0 Å². The van der Waals surface area contributed by atoms with Crippen molar-refractivity contribution in [2.75, 3.05) is 18.9 Å². The van der Waals surface area contributed by atoms with E-state index in [2.05, 4.69) is 25.7 Å². The summed E-state index contributed by atoms with van der Waals surface area (Å²) in [6.45, 7) is 1.42. The number of ether oxygens (including phenoxy) is 1. The summed E-state index contributed by atoms with van der Waals surface area (Å²) in [6, 6.07) is 12.7. The zero-order chi connectivity index (χ0) is 21.2. The topological polar surface area (TPSA) is 74.8 Å². The van der Waals surface area contributed by atoms with Crippen LogP contribution >= 0.6 is 0 Å².